The summed E-state index contributed by atoms with van der Waals surface area (Å²) in [5.74, 6) is 0. The Balaban J connectivity index is 2.57. The van der Waals surface area contributed by atoms with Gasteiger partial charge in [0.2, 0.25) is 0 Å². The third kappa shape index (κ3) is 4.18. The van der Waals surface area contributed by atoms with E-state index in [4.69, 9.17) is 46.4 Å². The van der Waals surface area contributed by atoms with Crippen LogP contribution in [0.5, 0.6) is 0 Å². The molecule has 1 rings (SSSR count). The molecule has 1 fully saturated rings. The molecule has 0 aromatic carbocycles. The van der Waals surface area contributed by atoms with Crippen molar-refractivity contribution in [3.05, 3.63) is 0 Å². The smallest absolute Gasteiger partial charge is 0.0720 e. The first-order chi connectivity index (χ1) is 6.13. The van der Waals surface area contributed by atoms with E-state index in [0.29, 0.717) is 0 Å². The average molecular weight is 300 g/mol. The van der Waals surface area contributed by atoms with Crippen LogP contribution in [-0.4, -0.2) is 27.4 Å². The molecular weight excluding hydrogens is 288 g/mol. The molecule has 0 spiro atoms. The van der Waals surface area contributed by atoms with Gasteiger partial charge in [0.05, 0.1) is 21.2 Å². The molecule has 0 aromatic heterocycles. The summed E-state index contributed by atoms with van der Waals surface area (Å²) in [6, 6.07) is 0. The fourth-order valence-corrected chi connectivity index (χ4v) is 6.71. The normalized spacial score (nSPS) is 47.1. The summed E-state index contributed by atoms with van der Waals surface area (Å²) in [5, 5.41) is -0.407. The number of alkyl halides is 4. The lowest BCUT2D eigenvalue weighted by Gasteiger charge is -2.22. The lowest BCUT2D eigenvalue weighted by atomic mass is 10.1. The SMILES string of the molecule is ClC1CCCPPC(Cl)C(Cl)C1Cl. The molecule has 0 aromatic rings. The van der Waals surface area contributed by atoms with Gasteiger partial charge in [-0.25, -0.2) is 0 Å². The quantitative estimate of drug-likeness (QED) is 0.458. The van der Waals surface area contributed by atoms with E-state index in [1.807, 2.05) is 0 Å². The van der Waals surface area contributed by atoms with Crippen LogP contribution in [0.2, 0.25) is 0 Å². The van der Waals surface area contributed by atoms with Crippen molar-refractivity contribution >= 4 is 62.9 Å². The minimum absolute atomic E-state index is 0.00171. The van der Waals surface area contributed by atoms with E-state index in [1.165, 1.54) is 6.16 Å². The van der Waals surface area contributed by atoms with E-state index in [-0.39, 0.29) is 21.2 Å². The Hall–Kier alpha value is 2.02. The summed E-state index contributed by atoms with van der Waals surface area (Å²) in [5.41, 5.74) is 0. The first-order valence-electron chi connectivity index (χ1n) is 4.17. The van der Waals surface area contributed by atoms with Gasteiger partial charge in [-0.1, -0.05) is 16.5 Å². The van der Waals surface area contributed by atoms with Gasteiger partial charge in [0.1, 0.15) is 0 Å². The van der Waals surface area contributed by atoms with Gasteiger partial charge < -0.3 is 0 Å². The van der Waals surface area contributed by atoms with Gasteiger partial charge >= 0.3 is 0 Å². The Morgan fingerprint density at radius 2 is 1.69 bits per heavy atom. The maximum Gasteiger partial charge on any atom is 0.0720 e. The van der Waals surface area contributed by atoms with Crippen LogP contribution in [0.4, 0.5) is 0 Å². The van der Waals surface area contributed by atoms with Crippen LogP contribution < -0.4 is 0 Å². The Labute approximate surface area is 103 Å². The summed E-state index contributed by atoms with van der Waals surface area (Å²) < 4.78 is 0. The largest absolute Gasteiger partial charge is 0.121 e. The highest BCUT2D eigenvalue weighted by molar-refractivity contribution is 8.12. The highest BCUT2D eigenvalue weighted by atomic mass is 35.5. The maximum absolute atomic E-state index is 6.12. The molecule has 0 amide bonds. The van der Waals surface area contributed by atoms with E-state index in [9.17, 15) is 0 Å². The molecule has 1 aliphatic heterocycles. The Morgan fingerprint density at radius 1 is 1.00 bits per heavy atom. The summed E-state index contributed by atoms with van der Waals surface area (Å²) >= 11 is 24.5. The van der Waals surface area contributed by atoms with Crippen LogP contribution in [0.25, 0.3) is 0 Å². The molecule has 1 saturated heterocycles. The molecule has 1 aliphatic rings. The van der Waals surface area contributed by atoms with Gasteiger partial charge in [0, 0.05) is 0 Å². The second kappa shape index (κ2) is 6.57. The average Bonchev–Trinajstić information content (AvgIpc) is 2.16. The topological polar surface area (TPSA) is 0 Å². The summed E-state index contributed by atoms with van der Waals surface area (Å²) in [6.07, 6.45) is 3.33. The molecule has 0 saturated carbocycles. The van der Waals surface area contributed by atoms with E-state index in [0.717, 1.165) is 29.4 Å². The molecule has 1 heterocycles. The molecule has 6 unspecified atom stereocenters. The second-order valence-electron chi connectivity index (χ2n) is 3.02. The maximum atomic E-state index is 6.12. The Bertz CT molecular complexity index is 141. The van der Waals surface area contributed by atoms with Crippen LogP contribution in [-0.2, 0) is 0 Å². The van der Waals surface area contributed by atoms with Crippen molar-refractivity contribution in [3.63, 3.8) is 0 Å². The van der Waals surface area contributed by atoms with Crippen molar-refractivity contribution in [3.8, 4) is 0 Å². The minimum Gasteiger partial charge on any atom is -0.121 e. The molecule has 0 radical (unpaired) electrons. The van der Waals surface area contributed by atoms with Crippen LogP contribution in [0.3, 0.4) is 0 Å². The predicted octanol–water partition coefficient (Wildman–Crippen LogP) is 4.44. The molecule has 0 nitrogen and oxygen atoms in total. The van der Waals surface area contributed by atoms with E-state index >= 15 is 0 Å². The lowest BCUT2D eigenvalue weighted by Crippen LogP contribution is -2.29. The number of hydrogen-bond donors (Lipinski definition) is 0. The summed E-state index contributed by atoms with van der Waals surface area (Å²) in [4.78, 5) is 0. The van der Waals surface area contributed by atoms with Gasteiger partial charge in [-0.05, 0) is 19.0 Å². The van der Waals surface area contributed by atoms with Crippen molar-refractivity contribution in [2.45, 2.75) is 34.1 Å². The summed E-state index contributed by atoms with van der Waals surface area (Å²) in [7, 11) is 1.66. The molecule has 13 heavy (non-hydrogen) atoms. The highest BCUT2D eigenvalue weighted by Crippen LogP contribution is 2.48. The zero-order valence-electron chi connectivity index (χ0n) is 6.94. The summed E-state index contributed by atoms with van der Waals surface area (Å²) in [6.45, 7) is 0. The zero-order chi connectivity index (χ0) is 9.84. The van der Waals surface area contributed by atoms with Crippen molar-refractivity contribution in [2.24, 2.45) is 0 Å². The van der Waals surface area contributed by atoms with Crippen molar-refractivity contribution < 1.29 is 0 Å². The molecule has 6 heteroatoms. The standard InChI is InChI=1S/C7H12Cl4P2/c8-4-2-1-3-12-13-7(11)6(10)5(4)9/h4-7,12-13H,1-3H2. The lowest BCUT2D eigenvalue weighted by molar-refractivity contribution is 0.677. The van der Waals surface area contributed by atoms with Gasteiger partial charge in [0.15, 0.2) is 0 Å². The third-order valence-electron chi connectivity index (χ3n) is 1.95. The molecule has 6 atom stereocenters. The van der Waals surface area contributed by atoms with Gasteiger partial charge in [0.25, 0.3) is 0 Å². The van der Waals surface area contributed by atoms with E-state index in [2.05, 4.69) is 0 Å². The molecule has 0 aliphatic carbocycles. The highest BCUT2D eigenvalue weighted by Gasteiger charge is 2.30. The van der Waals surface area contributed by atoms with Gasteiger partial charge in [-0.15, -0.1) is 46.4 Å². The van der Waals surface area contributed by atoms with Crippen molar-refractivity contribution in [1.82, 2.24) is 0 Å². The molecular formula is C7H12Cl4P2. The predicted molar refractivity (Wildman–Crippen MR) is 69.3 cm³/mol. The first kappa shape index (κ1) is 13.1. The van der Waals surface area contributed by atoms with Crippen LogP contribution in [0.15, 0.2) is 0 Å². The van der Waals surface area contributed by atoms with E-state index in [1.54, 1.807) is 0 Å². The number of hydrogen-bond acceptors (Lipinski definition) is 0. The minimum atomic E-state index is -0.193. The number of rotatable bonds is 0. The first-order valence-corrected chi connectivity index (χ1v) is 9.20. The van der Waals surface area contributed by atoms with Crippen LogP contribution in [0.1, 0.15) is 12.8 Å². The van der Waals surface area contributed by atoms with E-state index < -0.39 is 0 Å². The van der Waals surface area contributed by atoms with Crippen molar-refractivity contribution in [2.75, 3.05) is 6.16 Å². The van der Waals surface area contributed by atoms with Crippen LogP contribution >= 0.6 is 62.9 Å². The van der Waals surface area contributed by atoms with Crippen molar-refractivity contribution in [1.29, 1.82) is 0 Å². The molecule has 0 bridgehead atoms. The van der Waals surface area contributed by atoms with Gasteiger partial charge in [-0.3, -0.25) is 0 Å². The zero-order valence-corrected chi connectivity index (χ0v) is 12.0. The Kier molecular flexibility index (Phi) is 6.61. The third-order valence-corrected chi connectivity index (χ3v) is 9.02. The fourth-order valence-electron chi connectivity index (χ4n) is 1.15. The second-order valence-corrected chi connectivity index (χ2v) is 9.12. The van der Waals surface area contributed by atoms with Gasteiger partial charge in [-0.2, -0.15) is 0 Å². The monoisotopic (exact) mass is 298 g/mol. The Morgan fingerprint density at radius 3 is 2.38 bits per heavy atom. The fraction of sp³-hybridized carbons (Fsp3) is 1.00. The molecule has 78 valence electrons. The number of halogens is 4. The molecule has 0 N–H and O–H groups in total. The van der Waals surface area contributed by atoms with Crippen LogP contribution in [0, 0.1) is 0 Å².